The van der Waals surface area contributed by atoms with Crippen LogP contribution in [0.2, 0.25) is 5.02 Å². The average molecular weight is 415 g/mol. The van der Waals surface area contributed by atoms with Crippen molar-refractivity contribution in [2.24, 2.45) is 0 Å². The van der Waals surface area contributed by atoms with Crippen LogP contribution in [-0.4, -0.2) is 23.3 Å². The summed E-state index contributed by atoms with van der Waals surface area (Å²) in [6.45, 7) is 0.689. The van der Waals surface area contributed by atoms with Crippen molar-refractivity contribution in [1.29, 1.82) is 0 Å². The van der Waals surface area contributed by atoms with Crippen LogP contribution in [0.3, 0.4) is 0 Å². The van der Waals surface area contributed by atoms with E-state index in [0.717, 1.165) is 5.39 Å². The van der Waals surface area contributed by atoms with Crippen LogP contribution in [0.4, 0.5) is 0 Å². The summed E-state index contributed by atoms with van der Waals surface area (Å²) >= 11 is 7.31. The van der Waals surface area contributed by atoms with Crippen LogP contribution in [0.25, 0.3) is 21.9 Å². The SMILES string of the molecule is COCCn1c(Sc2cc(=O)oc3ccccc23)nc2cc(Cl)ccc2c1=O. The maximum absolute atomic E-state index is 13.0. The number of hydrogen-bond donors (Lipinski definition) is 0. The maximum Gasteiger partial charge on any atom is 0.337 e. The van der Waals surface area contributed by atoms with Gasteiger partial charge in [-0.1, -0.05) is 41.6 Å². The van der Waals surface area contributed by atoms with Crippen molar-refractivity contribution in [3.63, 3.8) is 0 Å². The monoisotopic (exact) mass is 414 g/mol. The lowest BCUT2D eigenvalue weighted by molar-refractivity contribution is 0.183. The molecule has 0 fully saturated rings. The fourth-order valence-corrected chi connectivity index (χ4v) is 4.12. The quantitative estimate of drug-likeness (QED) is 0.363. The number of benzene rings is 2. The molecule has 0 amide bonds. The Morgan fingerprint density at radius 3 is 2.79 bits per heavy atom. The summed E-state index contributed by atoms with van der Waals surface area (Å²) in [5, 5.41) is 2.19. The van der Waals surface area contributed by atoms with Gasteiger partial charge in [-0.3, -0.25) is 9.36 Å². The van der Waals surface area contributed by atoms with Crippen molar-refractivity contribution >= 4 is 45.2 Å². The predicted octanol–water partition coefficient (Wildman–Crippen LogP) is 3.95. The van der Waals surface area contributed by atoms with Crippen LogP contribution in [-0.2, 0) is 11.3 Å². The molecular weight excluding hydrogens is 400 g/mol. The van der Waals surface area contributed by atoms with Crippen molar-refractivity contribution < 1.29 is 9.15 Å². The maximum atomic E-state index is 13.0. The van der Waals surface area contributed by atoms with Crippen molar-refractivity contribution in [1.82, 2.24) is 9.55 Å². The van der Waals surface area contributed by atoms with Gasteiger partial charge in [0.25, 0.3) is 5.56 Å². The third kappa shape index (κ3) is 3.56. The van der Waals surface area contributed by atoms with Crippen molar-refractivity contribution in [2.45, 2.75) is 16.6 Å². The number of halogens is 1. The summed E-state index contributed by atoms with van der Waals surface area (Å²) in [6, 6.07) is 13.6. The van der Waals surface area contributed by atoms with E-state index in [2.05, 4.69) is 4.98 Å². The second-order valence-electron chi connectivity index (χ2n) is 6.03. The van der Waals surface area contributed by atoms with Gasteiger partial charge < -0.3 is 9.15 Å². The van der Waals surface area contributed by atoms with Gasteiger partial charge in [0.05, 0.1) is 24.1 Å². The number of aromatic nitrogens is 2. The number of rotatable bonds is 5. The van der Waals surface area contributed by atoms with Crippen LogP contribution in [0.15, 0.2) is 72.6 Å². The topological polar surface area (TPSA) is 74.3 Å². The molecule has 0 atom stereocenters. The molecule has 2 aromatic heterocycles. The molecular formula is C20H15ClN2O4S. The molecule has 28 heavy (non-hydrogen) atoms. The van der Waals surface area contributed by atoms with E-state index < -0.39 is 5.63 Å². The predicted molar refractivity (Wildman–Crippen MR) is 109 cm³/mol. The van der Waals surface area contributed by atoms with Crippen LogP contribution in [0, 0.1) is 0 Å². The Morgan fingerprint density at radius 2 is 1.96 bits per heavy atom. The molecule has 2 heterocycles. The van der Waals surface area contributed by atoms with Crippen LogP contribution < -0.4 is 11.2 Å². The number of nitrogens with zero attached hydrogens (tertiary/aromatic N) is 2. The van der Waals surface area contributed by atoms with Gasteiger partial charge in [-0.05, 0) is 24.3 Å². The molecule has 0 bridgehead atoms. The van der Waals surface area contributed by atoms with Crippen LogP contribution in [0.1, 0.15) is 0 Å². The van der Waals surface area contributed by atoms with Gasteiger partial charge in [0.2, 0.25) is 0 Å². The van der Waals surface area contributed by atoms with E-state index in [1.54, 1.807) is 42.0 Å². The lowest BCUT2D eigenvalue weighted by Crippen LogP contribution is -2.25. The molecule has 6 nitrogen and oxygen atoms in total. The summed E-state index contributed by atoms with van der Waals surface area (Å²) in [5.41, 5.74) is 0.331. The molecule has 0 spiro atoms. The smallest absolute Gasteiger partial charge is 0.337 e. The molecule has 0 aliphatic carbocycles. The van der Waals surface area contributed by atoms with Gasteiger partial charge in [0.15, 0.2) is 5.16 Å². The molecule has 4 aromatic rings. The molecule has 0 aliphatic rings. The fourth-order valence-electron chi connectivity index (χ4n) is 2.90. The third-order valence-electron chi connectivity index (χ3n) is 4.21. The Labute approximate surface area is 168 Å². The standard InChI is InChI=1S/C20H15ClN2O4S/c1-26-9-8-23-19(25)13-7-6-12(21)10-15(13)22-20(23)28-17-11-18(24)27-16-5-3-2-4-14(16)17/h2-7,10-11H,8-9H2,1H3. The normalized spacial score (nSPS) is 11.4. The van der Waals surface area contributed by atoms with E-state index in [0.29, 0.717) is 44.7 Å². The van der Waals surface area contributed by atoms with Gasteiger partial charge in [0, 0.05) is 28.5 Å². The average Bonchev–Trinajstić information content (AvgIpc) is 2.67. The Bertz CT molecular complexity index is 1300. The van der Waals surface area contributed by atoms with Gasteiger partial charge in [-0.25, -0.2) is 9.78 Å². The van der Waals surface area contributed by atoms with E-state index in [1.807, 2.05) is 12.1 Å². The van der Waals surface area contributed by atoms with E-state index in [4.69, 9.17) is 20.8 Å². The number of hydrogen-bond acceptors (Lipinski definition) is 6. The minimum atomic E-state index is -0.462. The molecule has 4 rings (SSSR count). The van der Waals surface area contributed by atoms with E-state index in [9.17, 15) is 9.59 Å². The zero-order valence-corrected chi connectivity index (χ0v) is 16.4. The molecule has 142 valence electrons. The molecule has 8 heteroatoms. The lowest BCUT2D eigenvalue weighted by atomic mass is 10.2. The van der Waals surface area contributed by atoms with Crippen LogP contribution in [0.5, 0.6) is 0 Å². The van der Waals surface area contributed by atoms with E-state index >= 15 is 0 Å². The van der Waals surface area contributed by atoms with Crippen molar-refractivity contribution in [3.8, 4) is 0 Å². The molecule has 0 saturated carbocycles. The summed E-state index contributed by atoms with van der Waals surface area (Å²) in [7, 11) is 1.57. The highest BCUT2D eigenvalue weighted by Gasteiger charge is 2.15. The first-order chi connectivity index (χ1) is 13.6. The first-order valence-corrected chi connectivity index (χ1v) is 9.66. The highest BCUT2D eigenvalue weighted by Crippen LogP contribution is 2.32. The van der Waals surface area contributed by atoms with Gasteiger partial charge in [-0.2, -0.15) is 0 Å². The fraction of sp³-hybridized carbons (Fsp3) is 0.150. The Hall–Kier alpha value is -2.61. The highest BCUT2D eigenvalue weighted by atomic mass is 35.5. The van der Waals surface area contributed by atoms with E-state index in [1.165, 1.54) is 17.8 Å². The molecule has 0 saturated heterocycles. The van der Waals surface area contributed by atoms with Crippen LogP contribution >= 0.6 is 23.4 Å². The lowest BCUT2D eigenvalue weighted by Gasteiger charge is -2.13. The molecule has 2 aromatic carbocycles. The largest absolute Gasteiger partial charge is 0.423 e. The second kappa shape index (κ2) is 7.79. The number of para-hydroxylation sites is 1. The second-order valence-corrected chi connectivity index (χ2v) is 7.48. The molecule has 0 unspecified atom stereocenters. The highest BCUT2D eigenvalue weighted by molar-refractivity contribution is 7.99. The van der Waals surface area contributed by atoms with Gasteiger partial charge in [0.1, 0.15) is 5.58 Å². The zero-order chi connectivity index (χ0) is 19.7. The number of fused-ring (bicyclic) bond motifs is 2. The Kier molecular flexibility index (Phi) is 5.21. The first kappa shape index (κ1) is 18.7. The summed E-state index contributed by atoms with van der Waals surface area (Å²) < 4.78 is 11.9. The Balaban J connectivity index is 1.93. The van der Waals surface area contributed by atoms with Crippen molar-refractivity contribution in [3.05, 3.63) is 74.3 Å². The number of methoxy groups -OCH3 is 1. The zero-order valence-electron chi connectivity index (χ0n) is 14.8. The minimum absolute atomic E-state index is 0.187. The summed E-state index contributed by atoms with van der Waals surface area (Å²) in [4.78, 5) is 30.3. The summed E-state index contributed by atoms with van der Waals surface area (Å²) in [6.07, 6.45) is 0. The molecule has 0 radical (unpaired) electrons. The first-order valence-electron chi connectivity index (χ1n) is 8.46. The number of ether oxygens (including phenoxy) is 1. The Morgan fingerprint density at radius 1 is 1.14 bits per heavy atom. The molecule has 0 N–H and O–H groups in total. The third-order valence-corrected chi connectivity index (χ3v) is 5.50. The van der Waals surface area contributed by atoms with Gasteiger partial charge >= 0.3 is 5.63 Å². The van der Waals surface area contributed by atoms with Gasteiger partial charge in [-0.15, -0.1) is 0 Å². The summed E-state index contributed by atoms with van der Waals surface area (Å²) in [5.74, 6) is 0. The molecule has 0 aliphatic heterocycles. The van der Waals surface area contributed by atoms with E-state index in [-0.39, 0.29) is 5.56 Å². The minimum Gasteiger partial charge on any atom is -0.423 e. The van der Waals surface area contributed by atoms with Crippen molar-refractivity contribution in [2.75, 3.05) is 13.7 Å².